The molecule has 0 saturated carbocycles. The van der Waals surface area contributed by atoms with E-state index in [9.17, 15) is 18.0 Å². The first-order valence-corrected chi connectivity index (χ1v) is 3.30. The van der Waals surface area contributed by atoms with Gasteiger partial charge in [0, 0.05) is 6.08 Å². The molecule has 0 atom stereocenters. The van der Waals surface area contributed by atoms with Crippen molar-refractivity contribution in [2.45, 2.75) is 20.0 Å². The molecule has 0 N–H and O–H groups in total. The molecule has 0 rings (SSSR count). The maximum Gasteiger partial charge on any atom is 0.454 e. The van der Waals surface area contributed by atoms with E-state index in [4.69, 9.17) is 0 Å². The smallest absolute Gasteiger partial charge is 0.454 e. The Morgan fingerprint density at radius 2 is 2.00 bits per heavy atom. The fraction of sp³-hybridized carbons (Fsp3) is 0.571. The van der Waals surface area contributed by atoms with E-state index in [1.54, 1.807) is 6.92 Å². The molecule has 0 aromatic carbocycles. The molecule has 0 aromatic heterocycles. The summed E-state index contributed by atoms with van der Waals surface area (Å²) in [7, 11) is 0. The van der Waals surface area contributed by atoms with E-state index in [1.807, 2.05) is 0 Å². The summed E-state index contributed by atoms with van der Waals surface area (Å²) in [5.74, 6) is -1.92. The first-order valence-electron chi connectivity index (χ1n) is 3.30. The highest BCUT2D eigenvalue weighted by Gasteiger charge is 2.36. The number of carbonyl (C=O) groups is 1. The van der Waals surface area contributed by atoms with Crippen LogP contribution in [0.3, 0.4) is 0 Å². The number of hydrogen-bond acceptors (Lipinski definition) is 2. The molecule has 0 spiro atoms. The molecule has 0 heterocycles. The van der Waals surface area contributed by atoms with Gasteiger partial charge in [0.15, 0.2) is 0 Å². The highest BCUT2D eigenvalue weighted by molar-refractivity contribution is 5.94. The van der Waals surface area contributed by atoms with Crippen LogP contribution in [0, 0.1) is 0 Å². The molecule has 0 saturated heterocycles. The van der Waals surface area contributed by atoms with Gasteiger partial charge in [-0.2, -0.15) is 13.2 Å². The van der Waals surface area contributed by atoms with Crippen LogP contribution < -0.4 is 0 Å². The molecule has 0 aliphatic rings. The van der Waals surface area contributed by atoms with Crippen molar-refractivity contribution in [1.29, 1.82) is 0 Å². The lowest BCUT2D eigenvalue weighted by molar-refractivity contribution is -0.165. The Hall–Kier alpha value is -1.00. The maximum absolute atomic E-state index is 11.6. The molecular formula is C7H9F3O2. The quantitative estimate of drug-likeness (QED) is 0.493. The van der Waals surface area contributed by atoms with Crippen LogP contribution in [0.2, 0.25) is 0 Å². The lowest BCUT2D eigenvalue weighted by Gasteiger charge is -2.03. The van der Waals surface area contributed by atoms with Gasteiger partial charge in [-0.25, -0.2) is 0 Å². The molecule has 0 aliphatic carbocycles. The average Bonchev–Trinajstić information content (AvgIpc) is 1.85. The number of allylic oxidation sites excluding steroid dienone is 2. The SMILES string of the molecule is CCOC(C)=CC(=O)C(F)(F)F. The summed E-state index contributed by atoms with van der Waals surface area (Å²) in [5.41, 5.74) is 0. The monoisotopic (exact) mass is 182 g/mol. The first-order chi connectivity index (χ1) is 5.38. The molecule has 0 aliphatic heterocycles. The standard InChI is InChI=1S/C7H9F3O2/c1-3-12-5(2)4-6(11)7(8,9)10/h4H,3H2,1-2H3. The van der Waals surface area contributed by atoms with Crippen LogP contribution in [0.25, 0.3) is 0 Å². The van der Waals surface area contributed by atoms with Gasteiger partial charge in [-0.15, -0.1) is 0 Å². The lowest BCUT2D eigenvalue weighted by Crippen LogP contribution is -2.20. The second kappa shape index (κ2) is 4.13. The molecule has 70 valence electrons. The number of rotatable bonds is 3. The van der Waals surface area contributed by atoms with Crippen molar-refractivity contribution in [1.82, 2.24) is 0 Å². The van der Waals surface area contributed by atoms with Crippen molar-refractivity contribution < 1.29 is 22.7 Å². The zero-order valence-corrected chi connectivity index (χ0v) is 6.73. The topological polar surface area (TPSA) is 26.3 Å². The number of ketones is 1. The minimum atomic E-state index is -4.81. The van der Waals surface area contributed by atoms with Crippen LogP contribution in [0.4, 0.5) is 13.2 Å². The zero-order valence-electron chi connectivity index (χ0n) is 6.73. The van der Waals surface area contributed by atoms with Crippen molar-refractivity contribution in [3.8, 4) is 0 Å². The summed E-state index contributed by atoms with van der Waals surface area (Å²) in [6.07, 6.45) is -4.37. The molecule has 2 nitrogen and oxygen atoms in total. The normalized spacial score (nSPS) is 12.9. The van der Waals surface area contributed by atoms with Crippen LogP contribution in [0.15, 0.2) is 11.8 Å². The fourth-order valence-corrected chi connectivity index (χ4v) is 0.536. The van der Waals surface area contributed by atoms with E-state index in [0.717, 1.165) is 0 Å². The van der Waals surface area contributed by atoms with E-state index in [0.29, 0.717) is 6.08 Å². The number of ether oxygens (including phenoxy) is 1. The largest absolute Gasteiger partial charge is 0.498 e. The van der Waals surface area contributed by atoms with Crippen LogP contribution in [0.1, 0.15) is 13.8 Å². The lowest BCUT2D eigenvalue weighted by atomic mass is 10.3. The molecule has 0 fully saturated rings. The van der Waals surface area contributed by atoms with Gasteiger partial charge in [-0.1, -0.05) is 0 Å². The summed E-state index contributed by atoms with van der Waals surface area (Å²) in [4.78, 5) is 10.3. The second-order valence-corrected chi connectivity index (χ2v) is 2.05. The Kier molecular flexibility index (Phi) is 3.79. The van der Waals surface area contributed by atoms with E-state index in [1.165, 1.54) is 6.92 Å². The van der Waals surface area contributed by atoms with Crippen LogP contribution in [-0.2, 0) is 9.53 Å². The molecular weight excluding hydrogens is 173 g/mol. The van der Waals surface area contributed by atoms with Crippen LogP contribution in [-0.4, -0.2) is 18.6 Å². The minimum absolute atomic E-state index is 0.0279. The molecule has 0 unspecified atom stereocenters. The highest BCUT2D eigenvalue weighted by atomic mass is 19.4. The summed E-state index contributed by atoms with van der Waals surface area (Å²) >= 11 is 0. The third-order valence-corrected chi connectivity index (χ3v) is 0.986. The third kappa shape index (κ3) is 4.00. The van der Waals surface area contributed by atoms with Gasteiger partial charge in [0.05, 0.1) is 12.4 Å². The summed E-state index contributed by atoms with van der Waals surface area (Å²) in [5, 5.41) is 0. The molecule has 0 aromatic rings. The Balaban J connectivity index is 4.24. The Morgan fingerprint density at radius 1 is 1.50 bits per heavy atom. The van der Waals surface area contributed by atoms with Crippen molar-refractivity contribution in [3.63, 3.8) is 0 Å². The highest BCUT2D eigenvalue weighted by Crippen LogP contribution is 2.17. The molecule has 0 bridgehead atoms. The predicted octanol–water partition coefficient (Wildman–Crippen LogP) is 2.06. The Labute approximate surface area is 68.0 Å². The summed E-state index contributed by atoms with van der Waals surface area (Å²) in [6.45, 7) is 3.16. The number of hydrogen-bond donors (Lipinski definition) is 0. The first kappa shape index (κ1) is 11.0. The Morgan fingerprint density at radius 3 is 2.33 bits per heavy atom. The van der Waals surface area contributed by atoms with E-state index < -0.39 is 12.0 Å². The molecule has 0 amide bonds. The maximum atomic E-state index is 11.6. The molecule has 5 heteroatoms. The summed E-state index contributed by atoms with van der Waals surface area (Å²) in [6, 6.07) is 0. The van der Waals surface area contributed by atoms with Crippen molar-refractivity contribution >= 4 is 5.78 Å². The van der Waals surface area contributed by atoms with Crippen molar-refractivity contribution in [3.05, 3.63) is 11.8 Å². The van der Waals surface area contributed by atoms with Gasteiger partial charge in [0.1, 0.15) is 0 Å². The Bertz CT molecular complexity index is 193. The summed E-state index contributed by atoms with van der Waals surface area (Å²) < 4.78 is 39.4. The van der Waals surface area contributed by atoms with Crippen molar-refractivity contribution in [2.75, 3.05) is 6.61 Å². The van der Waals surface area contributed by atoms with Gasteiger partial charge in [0.2, 0.25) is 0 Å². The van der Waals surface area contributed by atoms with Gasteiger partial charge >= 0.3 is 6.18 Å². The van der Waals surface area contributed by atoms with Gasteiger partial charge in [-0.05, 0) is 13.8 Å². The second-order valence-electron chi connectivity index (χ2n) is 2.05. The minimum Gasteiger partial charge on any atom is -0.498 e. The van der Waals surface area contributed by atoms with E-state index >= 15 is 0 Å². The van der Waals surface area contributed by atoms with Crippen LogP contribution >= 0.6 is 0 Å². The van der Waals surface area contributed by atoms with Gasteiger partial charge < -0.3 is 4.74 Å². The predicted molar refractivity (Wildman–Crippen MR) is 36.4 cm³/mol. The number of alkyl halides is 3. The zero-order chi connectivity index (χ0) is 9.78. The molecule has 12 heavy (non-hydrogen) atoms. The average molecular weight is 182 g/mol. The van der Waals surface area contributed by atoms with E-state index in [2.05, 4.69) is 4.74 Å². The van der Waals surface area contributed by atoms with E-state index in [-0.39, 0.29) is 12.4 Å². The molecule has 0 radical (unpaired) electrons. The van der Waals surface area contributed by atoms with Crippen LogP contribution in [0.5, 0.6) is 0 Å². The third-order valence-electron chi connectivity index (χ3n) is 0.986. The fourth-order valence-electron chi connectivity index (χ4n) is 0.536. The number of halogens is 3. The van der Waals surface area contributed by atoms with Gasteiger partial charge in [-0.3, -0.25) is 4.79 Å². The van der Waals surface area contributed by atoms with Crippen molar-refractivity contribution in [2.24, 2.45) is 0 Å². The van der Waals surface area contributed by atoms with Gasteiger partial charge in [0.25, 0.3) is 5.78 Å². The number of carbonyl (C=O) groups excluding carboxylic acids is 1.